The number of piperidine rings is 1. The van der Waals surface area contributed by atoms with Gasteiger partial charge >= 0.3 is 0 Å². The van der Waals surface area contributed by atoms with E-state index in [2.05, 4.69) is 30.5 Å². The first-order valence-electron chi connectivity index (χ1n) is 13.0. The Morgan fingerprint density at radius 1 is 1.17 bits per heavy atom. The lowest BCUT2D eigenvalue weighted by molar-refractivity contribution is -0.118. The minimum Gasteiger partial charge on any atom is -0.496 e. The zero-order valence-corrected chi connectivity index (χ0v) is 23.1. The number of aromatic nitrogens is 3. The van der Waals surface area contributed by atoms with Crippen molar-refractivity contribution >= 4 is 41.3 Å². The number of halogens is 2. The molecule has 4 aromatic rings. The SMILES string of the molecule is COc1cccc(F)c1-c1nccc(Nc2cc(N3CCC[C@H](N)C3)c(-c3ccc4c(c3)OCC(=O)N4)cn2)n1.Cl. The number of carbonyl (C=O) groups is 1. The van der Waals surface area contributed by atoms with Crippen LogP contribution in [0.4, 0.5) is 27.4 Å². The number of pyridine rings is 1. The topological polar surface area (TPSA) is 128 Å². The monoisotopic (exact) mass is 577 g/mol. The summed E-state index contributed by atoms with van der Waals surface area (Å²) in [7, 11) is 1.48. The third-order valence-electron chi connectivity index (χ3n) is 6.94. The second-order valence-corrected chi connectivity index (χ2v) is 9.69. The van der Waals surface area contributed by atoms with Gasteiger partial charge in [-0.3, -0.25) is 4.79 Å². The van der Waals surface area contributed by atoms with Crippen molar-refractivity contribution in [2.24, 2.45) is 5.73 Å². The number of fused-ring (bicyclic) bond motifs is 1. The number of hydrogen-bond donors (Lipinski definition) is 3. The van der Waals surface area contributed by atoms with E-state index >= 15 is 0 Å². The highest BCUT2D eigenvalue weighted by Gasteiger charge is 2.23. The van der Waals surface area contributed by atoms with E-state index in [4.69, 9.17) is 15.2 Å². The molecule has 6 rings (SSSR count). The Morgan fingerprint density at radius 2 is 2.05 bits per heavy atom. The quantitative estimate of drug-likeness (QED) is 0.297. The Balaban J connectivity index is 0.00000337. The van der Waals surface area contributed by atoms with Crippen LogP contribution in [-0.2, 0) is 4.79 Å². The molecule has 4 N–H and O–H groups in total. The van der Waals surface area contributed by atoms with Gasteiger partial charge in [0.05, 0.1) is 18.4 Å². The van der Waals surface area contributed by atoms with Gasteiger partial charge in [-0.25, -0.2) is 19.3 Å². The van der Waals surface area contributed by atoms with E-state index < -0.39 is 5.82 Å². The minimum atomic E-state index is -0.476. The van der Waals surface area contributed by atoms with Crippen LogP contribution in [0.5, 0.6) is 11.5 Å². The summed E-state index contributed by atoms with van der Waals surface area (Å²) in [6, 6.07) is 14.0. The largest absolute Gasteiger partial charge is 0.496 e. The molecule has 12 heteroatoms. The van der Waals surface area contributed by atoms with Crippen molar-refractivity contribution in [3.63, 3.8) is 0 Å². The van der Waals surface area contributed by atoms with Gasteiger partial charge < -0.3 is 30.7 Å². The second kappa shape index (κ2) is 11.9. The molecular weight excluding hydrogens is 549 g/mol. The number of benzene rings is 2. The van der Waals surface area contributed by atoms with E-state index in [-0.39, 0.29) is 42.4 Å². The van der Waals surface area contributed by atoms with E-state index in [1.165, 1.54) is 13.2 Å². The summed E-state index contributed by atoms with van der Waals surface area (Å²) >= 11 is 0. The number of methoxy groups -OCH3 is 1. The van der Waals surface area contributed by atoms with Crippen LogP contribution >= 0.6 is 12.4 Å². The molecule has 0 radical (unpaired) electrons. The fourth-order valence-corrected chi connectivity index (χ4v) is 5.04. The molecule has 0 spiro atoms. The average molecular weight is 578 g/mol. The molecule has 41 heavy (non-hydrogen) atoms. The highest BCUT2D eigenvalue weighted by molar-refractivity contribution is 5.96. The molecule has 1 fully saturated rings. The van der Waals surface area contributed by atoms with Crippen LogP contribution in [0, 0.1) is 5.82 Å². The van der Waals surface area contributed by atoms with Crippen LogP contribution in [0.25, 0.3) is 22.5 Å². The summed E-state index contributed by atoms with van der Waals surface area (Å²) in [6.45, 7) is 1.54. The molecule has 1 atom stereocenters. The Kier molecular flexibility index (Phi) is 8.18. The lowest BCUT2D eigenvalue weighted by Crippen LogP contribution is -2.43. The van der Waals surface area contributed by atoms with Crippen molar-refractivity contribution in [1.82, 2.24) is 15.0 Å². The first kappa shape index (κ1) is 28.1. The van der Waals surface area contributed by atoms with Crippen molar-refractivity contribution in [3.8, 4) is 34.0 Å². The number of nitrogens with two attached hydrogens (primary N) is 1. The lowest BCUT2D eigenvalue weighted by Gasteiger charge is -2.34. The molecule has 4 heterocycles. The Bertz CT molecular complexity index is 1590. The predicted octanol–water partition coefficient (Wildman–Crippen LogP) is 4.78. The maximum absolute atomic E-state index is 14.7. The fourth-order valence-electron chi connectivity index (χ4n) is 5.04. The highest BCUT2D eigenvalue weighted by atomic mass is 35.5. The van der Waals surface area contributed by atoms with E-state index in [1.54, 1.807) is 30.6 Å². The van der Waals surface area contributed by atoms with E-state index in [0.29, 0.717) is 35.4 Å². The van der Waals surface area contributed by atoms with Crippen LogP contribution in [0.3, 0.4) is 0 Å². The number of anilines is 4. The Morgan fingerprint density at radius 3 is 2.88 bits per heavy atom. The van der Waals surface area contributed by atoms with Crippen LogP contribution in [-0.4, -0.2) is 53.7 Å². The number of amides is 1. The van der Waals surface area contributed by atoms with Gasteiger partial charge in [0.2, 0.25) is 0 Å². The molecule has 0 bridgehead atoms. The lowest BCUT2D eigenvalue weighted by atomic mass is 10.0. The van der Waals surface area contributed by atoms with E-state index in [9.17, 15) is 9.18 Å². The summed E-state index contributed by atoms with van der Waals surface area (Å²) in [5.41, 5.74) is 9.92. The molecule has 10 nitrogen and oxygen atoms in total. The van der Waals surface area contributed by atoms with Gasteiger partial charge in [-0.05, 0) is 48.7 Å². The van der Waals surface area contributed by atoms with Gasteiger partial charge in [0.1, 0.15) is 29.0 Å². The van der Waals surface area contributed by atoms with Gasteiger partial charge in [0, 0.05) is 48.8 Å². The van der Waals surface area contributed by atoms with Crippen LogP contribution in [0.1, 0.15) is 12.8 Å². The van der Waals surface area contributed by atoms with E-state index in [0.717, 1.165) is 36.2 Å². The zero-order chi connectivity index (χ0) is 27.6. The maximum atomic E-state index is 14.7. The summed E-state index contributed by atoms with van der Waals surface area (Å²) in [6.07, 6.45) is 5.30. The summed E-state index contributed by atoms with van der Waals surface area (Å²) in [5, 5.41) is 6.07. The third-order valence-corrected chi connectivity index (χ3v) is 6.94. The first-order valence-corrected chi connectivity index (χ1v) is 13.0. The molecule has 212 valence electrons. The molecule has 2 aliphatic rings. The van der Waals surface area contributed by atoms with Crippen LogP contribution < -0.4 is 30.7 Å². The molecule has 2 aliphatic heterocycles. The standard InChI is InChI=1S/C29H28FN7O3.ClH/c1-39-23-6-2-5-20(30)28(23)29-32-10-9-25(36-29)35-26-13-22(37-11-3-4-18(31)15-37)19(14-33-26)17-7-8-21-24(12-17)40-16-27(38)34-21;/h2,5-10,12-14,18H,3-4,11,15-16,31H2,1H3,(H,34,38)(H,32,33,35,36);1H/t18-;/m0./s1. The van der Waals surface area contributed by atoms with Gasteiger partial charge in [-0.1, -0.05) is 12.1 Å². The second-order valence-electron chi connectivity index (χ2n) is 9.69. The molecular formula is C29H29ClFN7O3. The van der Waals surface area contributed by atoms with Gasteiger partial charge in [0.25, 0.3) is 5.91 Å². The molecule has 0 unspecified atom stereocenters. The smallest absolute Gasteiger partial charge is 0.262 e. The number of nitrogens with one attached hydrogen (secondary N) is 2. The number of carbonyl (C=O) groups excluding carboxylic acids is 1. The molecule has 0 aliphatic carbocycles. The molecule has 1 amide bonds. The van der Waals surface area contributed by atoms with Crippen molar-refractivity contribution in [3.05, 3.63) is 66.7 Å². The van der Waals surface area contributed by atoms with Crippen molar-refractivity contribution in [2.75, 3.05) is 42.3 Å². The number of nitrogens with zero attached hydrogens (tertiary/aromatic N) is 4. The first-order chi connectivity index (χ1) is 19.5. The zero-order valence-electron chi connectivity index (χ0n) is 22.3. The van der Waals surface area contributed by atoms with Gasteiger partial charge in [-0.15, -0.1) is 12.4 Å². The van der Waals surface area contributed by atoms with Gasteiger partial charge in [0.15, 0.2) is 12.4 Å². The van der Waals surface area contributed by atoms with Crippen molar-refractivity contribution in [2.45, 2.75) is 18.9 Å². The molecule has 2 aromatic heterocycles. The summed E-state index contributed by atoms with van der Waals surface area (Å²) in [5.74, 6) is 1.51. The highest BCUT2D eigenvalue weighted by Crippen LogP contribution is 2.39. The van der Waals surface area contributed by atoms with Crippen molar-refractivity contribution in [1.29, 1.82) is 0 Å². The van der Waals surface area contributed by atoms with Crippen LogP contribution in [0.2, 0.25) is 0 Å². The fraction of sp³-hybridized carbons (Fsp3) is 0.241. The maximum Gasteiger partial charge on any atom is 0.262 e. The molecule has 1 saturated heterocycles. The van der Waals surface area contributed by atoms with Crippen molar-refractivity contribution < 1.29 is 18.7 Å². The Labute approximate surface area is 242 Å². The van der Waals surface area contributed by atoms with Gasteiger partial charge in [-0.2, -0.15) is 0 Å². The third kappa shape index (κ3) is 5.86. The average Bonchev–Trinajstić information content (AvgIpc) is 2.97. The number of rotatable bonds is 6. The molecule has 2 aromatic carbocycles. The summed E-state index contributed by atoms with van der Waals surface area (Å²) < 4.78 is 25.6. The predicted molar refractivity (Wildman–Crippen MR) is 158 cm³/mol. The number of ether oxygens (including phenoxy) is 2. The normalized spacial score (nSPS) is 16.1. The molecule has 0 saturated carbocycles. The minimum absolute atomic E-state index is 0. The van der Waals surface area contributed by atoms with E-state index in [1.807, 2.05) is 24.3 Å². The van der Waals surface area contributed by atoms with Crippen LogP contribution in [0.15, 0.2) is 60.9 Å². The Hall–Kier alpha value is -4.48. The summed E-state index contributed by atoms with van der Waals surface area (Å²) in [4.78, 5) is 27.4. The number of hydrogen-bond acceptors (Lipinski definition) is 9.